The van der Waals surface area contributed by atoms with Crippen molar-refractivity contribution in [3.63, 3.8) is 0 Å². The molecule has 1 atom stereocenters. The van der Waals surface area contributed by atoms with Gasteiger partial charge < -0.3 is 9.80 Å². The summed E-state index contributed by atoms with van der Waals surface area (Å²) in [6, 6.07) is 9.30. The number of halogens is 1. The van der Waals surface area contributed by atoms with E-state index < -0.39 is 0 Å². The molecule has 0 radical (unpaired) electrons. The van der Waals surface area contributed by atoms with Gasteiger partial charge in [-0.1, -0.05) is 6.07 Å². The van der Waals surface area contributed by atoms with Crippen molar-refractivity contribution < 1.29 is 4.39 Å². The van der Waals surface area contributed by atoms with Gasteiger partial charge in [-0.25, -0.2) is 9.37 Å². The minimum absolute atomic E-state index is 0.248. The lowest BCUT2D eigenvalue weighted by Gasteiger charge is -2.40. The van der Waals surface area contributed by atoms with Crippen molar-refractivity contribution in [1.29, 1.82) is 0 Å². The summed E-state index contributed by atoms with van der Waals surface area (Å²) < 4.78 is 15.0. The monoisotopic (exact) mass is 312 g/mol. The zero-order valence-electron chi connectivity index (χ0n) is 12.8. The van der Waals surface area contributed by atoms with E-state index in [1.54, 1.807) is 6.07 Å². The number of piperazine rings is 1. The summed E-state index contributed by atoms with van der Waals surface area (Å²) in [5.74, 6) is 1.36. The maximum Gasteiger partial charge on any atom is 0.231 e. The molecule has 0 N–H and O–H groups in total. The average Bonchev–Trinajstić information content (AvgIpc) is 3.00. The Hall–Kier alpha value is -2.70. The highest BCUT2D eigenvalue weighted by Gasteiger charge is 2.27. The number of anilines is 2. The Bertz CT molecular complexity index is 815. The number of pyridine rings is 2. The Balaban J connectivity index is 1.56. The standard InChI is InChI=1S/C16H17FN6/c1-12-11-21(16-20-19-15-4-2-3-7-23(15)16)8-9-22(12)14-6-5-13(17)10-18-14/h2-7,10,12H,8-9,11H2,1H3. The van der Waals surface area contributed by atoms with E-state index in [1.807, 2.05) is 28.8 Å². The smallest absolute Gasteiger partial charge is 0.231 e. The fourth-order valence-corrected chi connectivity index (χ4v) is 3.06. The van der Waals surface area contributed by atoms with Crippen LogP contribution < -0.4 is 9.80 Å². The van der Waals surface area contributed by atoms with Gasteiger partial charge in [-0.15, -0.1) is 10.2 Å². The van der Waals surface area contributed by atoms with Crippen molar-refractivity contribution in [3.05, 3.63) is 48.5 Å². The topological polar surface area (TPSA) is 49.6 Å². The predicted molar refractivity (Wildman–Crippen MR) is 86.2 cm³/mol. The highest BCUT2D eigenvalue weighted by atomic mass is 19.1. The normalized spacial score (nSPS) is 18.6. The first kappa shape index (κ1) is 13.9. The van der Waals surface area contributed by atoms with Crippen LogP contribution in [0.15, 0.2) is 42.7 Å². The van der Waals surface area contributed by atoms with Gasteiger partial charge >= 0.3 is 0 Å². The van der Waals surface area contributed by atoms with Crippen molar-refractivity contribution in [2.45, 2.75) is 13.0 Å². The van der Waals surface area contributed by atoms with Crippen LogP contribution in [0.2, 0.25) is 0 Å². The maximum atomic E-state index is 13.0. The van der Waals surface area contributed by atoms with Crippen LogP contribution in [-0.2, 0) is 0 Å². The third-order valence-electron chi connectivity index (χ3n) is 4.21. The summed E-state index contributed by atoms with van der Waals surface area (Å²) in [6.07, 6.45) is 3.24. The molecule has 0 amide bonds. The van der Waals surface area contributed by atoms with Crippen LogP contribution in [0, 0.1) is 5.82 Å². The van der Waals surface area contributed by atoms with Crippen molar-refractivity contribution >= 4 is 17.4 Å². The van der Waals surface area contributed by atoms with Gasteiger partial charge in [0, 0.05) is 31.9 Å². The van der Waals surface area contributed by atoms with Gasteiger partial charge in [0.25, 0.3) is 0 Å². The van der Waals surface area contributed by atoms with Gasteiger partial charge in [-0.2, -0.15) is 0 Å². The van der Waals surface area contributed by atoms with E-state index >= 15 is 0 Å². The Morgan fingerprint density at radius 3 is 2.83 bits per heavy atom. The molecule has 0 aromatic carbocycles. The third kappa shape index (κ3) is 2.48. The third-order valence-corrected chi connectivity index (χ3v) is 4.21. The summed E-state index contributed by atoms with van der Waals surface area (Å²) in [5, 5.41) is 8.53. The molecule has 1 unspecified atom stereocenters. The first-order valence-electron chi connectivity index (χ1n) is 7.65. The maximum absolute atomic E-state index is 13.0. The Morgan fingerprint density at radius 2 is 2.04 bits per heavy atom. The van der Waals surface area contributed by atoms with Gasteiger partial charge in [0.1, 0.15) is 11.6 Å². The highest BCUT2D eigenvalue weighted by molar-refractivity contribution is 5.49. The second-order valence-corrected chi connectivity index (χ2v) is 5.75. The molecule has 1 saturated heterocycles. The molecular weight excluding hydrogens is 295 g/mol. The largest absolute Gasteiger partial charge is 0.350 e. The van der Waals surface area contributed by atoms with Crippen LogP contribution in [0.1, 0.15) is 6.92 Å². The lowest BCUT2D eigenvalue weighted by atomic mass is 10.2. The second-order valence-electron chi connectivity index (χ2n) is 5.75. The van der Waals surface area contributed by atoms with Crippen molar-refractivity contribution in [2.75, 3.05) is 29.4 Å². The van der Waals surface area contributed by atoms with Crippen molar-refractivity contribution in [1.82, 2.24) is 19.6 Å². The molecule has 3 aromatic rings. The summed E-state index contributed by atoms with van der Waals surface area (Å²) in [6.45, 7) is 4.58. The van der Waals surface area contributed by atoms with Crippen LogP contribution in [0.4, 0.5) is 16.2 Å². The highest BCUT2D eigenvalue weighted by Crippen LogP contribution is 2.22. The Labute approximate surface area is 133 Å². The fraction of sp³-hybridized carbons (Fsp3) is 0.312. The molecule has 4 rings (SSSR count). The molecule has 23 heavy (non-hydrogen) atoms. The van der Waals surface area contributed by atoms with Gasteiger partial charge in [-0.05, 0) is 31.2 Å². The molecular formula is C16H17FN6. The quantitative estimate of drug-likeness (QED) is 0.724. The zero-order valence-corrected chi connectivity index (χ0v) is 12.8. The van der Waals surface area contributed by atoms with Crippen molar-refractivity contribution in [2.24, 2.45) is 0 Å². The van der Waals surface area contributed by atoms with E-state index in [0.717, 1.165) is 37.0 Å². The lowest BCUT2D eigenvalue weighted by Crippen LogP contribution is -2.53. The van der Waals surface area contributed by atoms with Crippen LogP contribution >= 0.6 is 0 Å². The molecule has 1 aliphatic rings. The second kappa shape index (κ2) is 5.49. The molecule has 4 heterocycles. The van der Waals surface area contributed by atoms with Gasteiger partial charge in [0.2, 0.25) is 5.95 Å². The summed E-state index contributed by atoms with van der Waals surface area (Å²) in [5.41, 5.74) is 0.845. The van der Waals surface area contributed by atoms with Gasteiger partial charge in [-0.3, -0.25) is 4.40 Å². The molecule has 1 fully saturated rings. The number of nitrogens with zero attached hydrogens (tertiary/aromatic N) is 6. The van der Waals surface area contributed by atoms with Gasteiger partial charge in [0.05, 0.1) is 6.20 Å². The van der Waals surface area contributed by atoms with Crippen LogP contribution in [0.5, 0.6) is 0 Å². The number of hydrogen-bond donors (Lipinski definition) is 0. The summed E-state index contributed by atoms with van der Waals surface area (Å²) in [4.78, 5) is 8.61. The number of aromatic nitrogens is 4. The fourth-order valence-electron chi connectivity index (χ4n) is 3.06. The molecule has 0 bridgehead atoms. The number of hydrogen-bond acceptors (Lipinski definition) is 5. The summed E-state index contributed by atoms with van der Waals surface area (Å²) in [7, 11) is 0. The van der Waals surface area contributed by atoms with Crippen LogP contribution in [-0.4, -0.2) is 45.3 Å². The predicted octanol–water partition coefficient (Wildman–Crippen LogP) is 1.98. The molecule has 0 spiro atoms. The Kier molecular flexibility index (Phi) is 3.33. The average molecular weight is 312 g/mol. The molecule has 0 saturated carbocycles. The molecule has 0 aliphatic carbocycles. The molecule has 1 aliphatic heterocycles. The molecule has 3 aromatic heterocycles. The minimum Gasteiger partial charge on any atom is -0.350 e. The van der Waals surface area contributed by atoms with E-state index in [2.05, 4.69) is 31.9 Å². The summed E-state index contributed by atoms with van der Waals surface area (Å²) >= 11 is 0. The first-order valence-corrected chi connectivity index (χ1v) is 7.65. The molecule has 6 nitrogen and oxygen atoms in total. The van der Waals surface area contributed by atoms with E-state index in [4.69, 9.17) is 0 Å². The van der Waals surface area contributed by atoms with E-state index in [0.29, 0.717) is 0 Å². The van der Waals surface area contributed by atoms with Crippen LogP contribution in [0.3, 0.4) is 0 Å². The lowest BCUT2D eigenvalue weighted by molar-refractivity contribution is 0.536. The van der Waals surface area contributed by atoms with Crippen molar-refractivity contribution in [3.8, 4) is 0 Å². The number of fused-ring (bicyclic) bond motifs is 1. The number of rotatable bonds is 2. The van der Waals surface area contributed by atoms with E-state index in [-0.39, 0.29) is 11.9 Å². The molecule has 118 valence electrons. The zero-order chi connectivity index (χ0) is 15.8. The first-order chi connectivity index (χ1) is 11.2. The SMILES string of the molecule is CC1CN(c2nnc3ccccn23)CCN1c1ccc(F)cn1. The minimum atomic E-state index is -0.310. The van der Waals surface area contributed by atoms with E-state index in [9.17, 15) is 4.39 Å². The van der Waals surface area contributed by atoms with Crippen LogP contribution in [0.25, 0.3) is 5.65 Å². The Morgan fingerprint density at radius 1 is 1.13 bits per heavy atom. The molecule has 7 heteroatoms. The van der Waals surface area contributed by atoms with E-state index in [1.165, 1.54) is 12.3 Å². The van der Waals surface area contributed by atoms with Gasteiger partial charge in [0.15, 0.2) is 5.65 Å².